The SMILES string of the molecule is CC(O)CN(CC(C)O)[C@@H]1CNC[C@H]1O. The van der Waals surface area contributed by atoms with Crippen molar-refractivity contribution in [3.05, 3.63) is 0 Å². The largest absolute Gasteiger partial charge is 0.392 e. The van der Waals surface area contributed by atoms with Crippen LogP contribution in [-0.2, 0) is 0 Å². The summed E-state index contributed by atoms with van der Waals surface area (Å²) in [6.07, 6.45) is -1.31. The average molecular weight is 218 g/mol. The summed E-state index contributed by atoms with van der Waals surface area (Å²) >= 11 is 0. The van der Waals surface area contributed by atoms with Gasteiger partial charge in [-0.1, -0.05) is 0 Å². The lowest BCUT2D eigenvalue weighted by Gasteiger charge is -2.32. The van der Waals surface area contributed by atoms with Gasteiger partial charge in [-0.05, 0) is 13.8 Å². The number of nitrogens with zero attached hydrogens (tertiary/aromatic N) is 1. The Morgan fingerprint density at radius 1 is 1.20 bits per heavy atom. The van der Waals surface area contributed by atoms with Crippen LogP contribution in [0, 0.1) is 0 Å². The van der Waals surface area contributed by atoms with E-state index >= 15 is 0 Å². The maximum absolute atomic E-state index is 9.72. The van der Waals surface area contributed by atoms with E-state index in [1.54, 1.807) is 13.8 Å². The smallest absolute Gasteiger partial charge is 0.0831 e. The monoisotopic (exact) mass is 218 g/mol. The van der Waals surface area contributed by atoms with Crippen LogP contribution in [0.1, 0.15) is 13.8 Å². The van der Waals surface area contributed by atoms with Gasteiger partial charge in [0.2, 0.25) is 0 Å². The van der Waals surface area contributed by atoms with Gasteiger partial charge in [0.1, 0.15) is 0 Å². The van der Waals surface area contributed by atoms with Crippen LogP contribution in [0.15, 0.2) is 0 Å². The number of hydrogen-bond donors (Lipinski definition) is 4. The summed E-state index contributed by atoms with van der Waals surface area (Å²) in [4.78, 5) is 1.94. The van der Waals surface area contributed by atoms with Crippen LogP contribution in [0.4, 0.5) is 0 Å². The molecule has 1 aliphatic rings. The number of hydrogen-bond acceptors (Lipinski definition) is 5. The van der Waals surface area contributed by atoms with Crippen LogP contribution in [0.25, 0.3) is 0 Å². The second-order valence-corrected chi connectivity index (χ2v) is 4.44. The Balaban J connectivity index is 2.53. The molecule has 0 saturated carbocycles. The van der Waals surface area contributed by atoms with Crippen LogP contribution in [-0.4, -0.2) is 70.8 Å². The normalized spacial score (nSPS) is 30.8. The summed E-state index contributed by atoms with van der Waals surface area (Å²) in [5, 5.41) is 31.5. The summed E-state index contributed by atoms with van der Waals surface area (Å²) < 4.78 is 0. The molecule has 0 amide bonds. The van der Waals surface area contributed by atoms with Crippen LogP contribution >= 0.6 is 0 Å². The fraction of sp³-hybridized carbons (Fsp3) is 1.00. The average Bonchev–Trinajstić information content (AvgIpc) is 2.48. The third-order valence-corrected chi connectivity index (χ3v) is 2.62. The van der Waals surface area contributed by atoms with Gasteiger partial charge >= 0.3 is 0 Å². The van der Waals surface area contributed by atoms with Crippen molar-refractivity contribution in [2.24, 2.45) is 0 Å². The third-order valence-electron chi connectivity index (χ3n) is 2.62. The minimum atomic E-state index is -0.448. The van der Waals surface area contributed by atoms with Gasteiger partial charge in [-0.3, -0.25) is 4.90 Å². The first kappa shape index (κ1) is 12.9. The Morgan fingerprint density at radius 3 is 2.07 bits per heavy atom. The zero-order chi connectivity index (χ0) is 11.4. The lowest BCUT2D eigenvalue weighted by molar-refractivity contribution is 0.0230. The van der Waals surface area contributed by atoms with Crippen molar-refractivity contribution < 1.29 is 15.3 Å². The predicted octanol–water partition coefficient (Wildman–Crippen LogP) is -1.62. The lowest BCUT2D eigenvalue weighted by Crippen LogP contribution is -2.48. The van der Waals surface area contributed by atoms with E-state index in [1.165, 1.54) is 0 Å². The van der Waals surface area contributed by atoms with E-state index in [-0.39, 0.29) is 6.04 Å². The van der Waals surface area contributed by atoms with Gasteiger partial charge in [-0.15, -0.1) is 0 Å². The standard InChI is InChI=1S/C10H22N2O3/c1-7(13)5-12(6-8(2)14)9-3-11-4-10(9)15/h7-11,13-15H,3-6H2,1-2H3/t7?,8?,9-,10-/m1/s1. The molecule has 0 aromatic carbocycles. The highest BCUT2D eigenvalue weighted by atomic mass is 16.3. The maximum Gasteiger partial charge on any atom is 0.0831 e. The van der Waals surface area contributed by atoms with Gasteiger partial charge in [0.15, 0.2) is 0 Å². The first-order valence-electron chi connectivity index (χ1n) is 5.49. The van der Waals surface area contributed by atoms with Gasteiger partial charge < -0.3 is 20.6 Å². The number of β-amino-alcohol motifs (C(OH)–C–C–N with tert-alkyl or cyclic N) is 1. The first-order chi connectivity index (χ1) is 7.00. The number of aliphatic hydroxyl groups excluding tert-OH is 3. The summed E-state index contributed by atoms with van der Waals surface area (Å²) in [5.41, 5.74) is 0. The molecule has 0 spiro atoms. The van der Waals surface area contributed by atoms with Gasteiger partial charge in [-0.2, -0.15) is 0 Å². The van der Waals surface area contributed by atoms with E-state index in [4.69, 9.17) is 0 Å². The van der Waals surface area contributed by atoms with Gasteiger partial charge in [0, 0.05) is 32.2 Å². The quantitative estimate of drug-likeness (QED) is 0.446. The lowest BCUT2D eigenvalue weighted by atomic mass is 10.1. The molecular weight excluding hydrogens is 196 g/mol. The maximum atomic E-state index is 9.72. The first-order valence-corrected chi connectivity index (χ1v) is 5.49. The third kappa shape index (κ3) is 4.04. The summed E-state index contributed by atoms with van der Waals surface area (Å²) in [7, 11) is 0. The Bertz CT molecular complexity index is 178. The minimum Gasteiger partial charge on any atom is -0.392 e. The van der Waals surface area contributed by atoms with E-state index in [9.17, 15) is 15.3 Å². The summed E-state index contributed by atoms with van der Waals surface area (Å²) in [6, 6.07) is -0.00537. The Kier molecular flexibility index (Phi) is 4.95. The van der Waals surface area contributed by atoms with Crippen LogP contribution in [0.2, 0.25) is 0 Å². The van der Waals surface area contributed by atoms with Crippen molar-refractivity contribution in [2.75, 3.05) is 26.2 Å². The van der Waals surface area contributed by atoms with Crippen LogP contribution in [0.5, 0.6) is 0 Å². The molecule has 1 aliphatic heterocycles. The molecule has 0 aromatic rings. The molecule has 0 aromatic heterocycles. The molecule has 0 bridgehead atoms. The van der Waals surface area contributed by atoms with E-state index in [0.717, 1.165) is 0 Å². The van der Waals surface area contributed by atoms with Crippen molar-refractivity contribution in [2.45, 2.75) is 38.2 Å². The molecule has 1 fully saturated rings. The molecule has 1 heterocycles. The molecule has 0 aliphatic carbocycles. The molecule has 0 radical (unpaired) electrons. The molecule has 1 rings (SSSR count). The summed E-state index contributed by atoms with van der Waals surface area (Å²) in [5.74, 6) is 0. The minimum absolute atomic E-state index is 0.00537. The Labute approximate surface area is 90.7 Å². The Morgan fingerprint density at radius 2 is 1.73 bits per heavy atom. The Hall–Kier alpha value is -0.200. The molecule has 15 heavy (non-hydrogen) atoms. The second kappa shape index (κ2) is 5.77. The number of nitrogens with one attached hydrogen (secondary N) is 1. The fourth-order valence-electron chi connectivity index (χ4n) is 2.05. The van der Waals surface area contributed by atoms with E-state index < -0.39 is 18.3 Å². The van der Waals surface area contributed by atoms with Crippen LogP contribution in [0.3, 0.4) is 0 Å². The number of aliphatic hydroxyl groups is 3. The van der Waals surface area contributed by atoms with Crippen molar-refractivity contribution in [1.29, 1.82) is 0 Å². The van der Waals surface area contributed by atoms with Gasteiger partial charge in [-0.25, -0.2) is 0 Å². The molecule has 90 valence electrons. The molecule has 4 atom stereocenters. The van der Waals surface area contributed by atoms with Crippen molar-refractivity contribution >= 4 is 0 Å². The molecule has 2 unspecified atom stereocenters. The highest BCUT2D eigenvalue weighted by Crippen LogP contribution is 2.10. The zero-order valence-corrected chi connectivity index (χ0v) is 9.43. The molecule has 5 heteroatoms. The predicted molar refractivity (Wildman–Crippen MR) is 57.6 cm³/mol. The highest BCUT2D eigenvalue weighted by Gasteiger charge is 2.31. The van der Waals surface area contributed by atoms with E-state index in [2.05, 4.69) is 5.32 Å². The molecule has 4 N–H and O–H groups in total. The van der Waals surface area contributed by atoms with Crippen molar-refractivity contribution in [3.63, 3.8) is 0 Å². The molecule has 5 nitrogen and oxygen atoms in total. The summed E-state index contributed by atoms with van der Waals surface area (Å²) in [6.45, 7) is 5.68. The van der Waals surface area contributed by atoms with E-state index in [1.807, 2.05) is 4.90 Å². The second-order valence-electron chi connectivity index (χ2n) is 4.44. The van der Waals surface area contributed by atoms with Gasteiger partial charge in [0.05, 0.1) is 18.3 Å². The van der Waals surface area contributed by atoms with Crippen LogP contribution < -0.4 is 5.32 Å². The topological polar surface area (TPSA) is 76.0 Å². The number of rotatable bonds is 5. The van der Waals surface area contributed by atoms with Gasteiger partial charge in [0.25, 0.3) is 0 Å². The van der Waals surface area contributed by atoms with Crippen molar-refractivity contribution in [3.8, 4) is 0 Å². The zero-order valence-electron chi connectivity index (χ0n) is 9.43. The van der Waals surface area contributed by atoms with E-state index in [0.29, 0.717) is 26.2 Å². The molecular formula is C10H22N2O3. The fourth-order valence-corrected chi connectivity index (χ4v) is 2.05. The molecule has 1 saturated heterocycles. The van der Waals surface area contributed by atoms with Crippen molar-refractivity contribution in [1.82, 2.24) is 10.2 Å². The highest BCUT2D eigenvalue weighted by molar-refractivity contribution is 4.89.